The number of hydrogen-bond acceptors (Lipinski definition) is 4. The summed E-state index contributed by atoms with van der Waals surface area (Å²) in [6.07, 6.45) is 0.660. The van der Waals surface area contributed by atoms with Gasteiger partial charge in [0.05, 0.1) is 5.69 Å². The molecule has 2 rings (SSSR count). The van der Waals surface area contributed by atoms with E-state index in [1.807, 2.05) is 6.92 Å². The number of hydrogen-bond donors (Lipinski definition) is 3. The number of rotatable bonds is 2. The van der Waals surface area contributed by atoms with Gasteiger partial charge in [-0.05, 0) is 31.5 Å². The highest BCUT2D eigenvalue weighted by Crippen LogP contribution is 2.28. The smallest absolute Gasteiger partial charge is 0.254 e. The number of aromatic nitrogens is 2. The van der Waals surface area contributed by atoms with E-state index in [0.29, 0.717) is 23.4 Å². The Morgan fingerprint density at radius 3 is 2.61 bits per heavy atom. The molecule has 2 aromatic rings. The Hall–Kier alpha value is -2.30. The molecule has 0 unspecified atom stereocenters. The lowest BCUT2D eigenvalue weighted by molar-refractivity contribution is 0.404. The summed E-state index contributed by atoms with van der Waals surface area (Å²) in [5.41, 5.74) is 1.69. The van der Waals surface area contributed by atoms with Crippen LogP contribution in [0.2, 0.25) is 0 Å². The molecule has 1 heterocycles. The molecule has 94 valence electrons. The monoisotopic (exact) mass is 246 g/mol. The highest BCUT2D eigenvalue weighted by Gasteiger charge is 2.09. The predicted octanol–water partition coefficient (Wildman–Crippen LogP) is 1.72. The van der Waals surface area contributed by atoms with Gasteiger partial charge in [0.1, 0.15) is 5.82 Å². The van der Waals surface area contributed by atoms with E-state index in [0.717, 1.165) is 5.69 Å². The molecule has 0 aliphatic heterocycles. The Balaban J connectivity index is 2.60. The second-order valence-electron chi connectivity index (χ2n) is 4.04. The molecule has 1 aromatic carbocycles. The Morgan fingerprint density at radius 1 is 1.28 bits per heavy atom. The van der Waals surface area contributed by atoms with Gasteiger partial charge < -0.3 is 15.2 Å². The van der Waals surface area contributed by atoms with Gasteiger partial charge in [0.25, 0.3) is 5.56 Å². The number of phenols is 2. The van der Waals surface area contributed by atoms with Crippen molar-refractivity contribution in [2.45, 2.75) is 20.3 Å². The van der Waals surface area contributed by atoms with Crippen LogP contribution in [-0.2, 0) is 6.42 Å². The second kappa shape index (κ2) is 4.52. The molecular weight excluding hydrogens is 232 g/mol. The van der Waals surface area contributed by atoms with Gasteiger partial charge in [-0.1, -0.05) is 6.92 Å². The van der Waals surface area contributed by atoms with Crippen LogP contribution in [0.3, 0.4) is 0 Å². The lowest BCUT2D eigenvalue weighted by atomic mass is 10.1. The van der Waals surface area contributed by atoms with Crippen molar-refractivity contribution in [3.05, 3.63) is 39.8 Å². The molecular formula is C13H14N2O3. The van der Waals surface area contributed by atoms with Crippen molar-refractivity contribution in [3.8, 4) is 22.9 Å². The van der Waals surface area contributed by atoms with E-state index in [2.05, 4.69) is 9.97 Å². The maximum Gasteiger partial charge on any atom is 0.254 e. The van der Waals surface area contributed by atoms with Crippen LogP contribution in [0.5, 0.6) is 11.5 Å². The molecule has 5 heteroatoms. The lowest BCUT2D eigenvalue weighted by Crippen LogP contribution is -2.15. The van der Waals surface area contributed by atoms with Crippen LogP contribution >= 0.6 is 0 Å². The van der Waals surface area contributed by atoms with Crippen LogP contribution in [0.4, 0.5) is 0 Å². The van der Waals surface area contributed by atoms with Crippen molar-refractivity contribution in [1.82, 2.24) is 9.97 Å². The van der Waals surface area contributed by atoms with Gasteiger partial charge in [0.15, 0.2) is 11.5 Å². The first-order chi connectivity index (χ1) is 8.52. The van der Waals surface area contributed by atoms with Crippen molar-refractivity contribution in [1.29, 1.82) is 0 Å². The summed E-state index contributed by atoms with van der Waals surface area (Å²) in [4.78, 5) is 18.7. The van der Waals surface area contributed by atoms with Crippen LogP contribution in [0.1, 0.15) is 18.2 Å². The normalized spacial score (nSPS) is 10.6. The fourth-order valence-corrected chi connectivity index (χ4v) is 1.73. The van der Waals surface area contributed by atoms with Crippen molar-refractivity contribution >= 4 is 0 Å². The van der Waals surface area contributed by atoms with E-state index < -0.39 is 0 Å². The predicted molar refractivity (Wildman–Crippen MR) is 67.7 cm³/mol. The Morgan fingerprint density at radius 2 is 2.00 bits per heavy atom. The number of H-pyrrole nitrogens is 1. The molecule has 3 N–H and O–H groups in total. The third kappa shape index (κ3) is 2.07. The van der Waals surface area contributed by atoms with Crippen LogP contribution < -0.4 is 5.56 Å². The average Bonchev–Trinajstić information content (AvgIpc) is 2.36. The summed E-state index contributed by atoms with van der Waals surface area (Å²) in [5.74, 6) is -0.0598. The molecule has 5 nitrogen and oxygen atoms in total. The molecule has 18 heavy (non-hydrogen) atoms. The van der Waals surface area contributed by atoms with Gasteiger partial charge in [-0.25, -0.2) is 4.98 Å². The minimum absolute atomic E-state index is 0.190. The van der Waals surface area contributed by atoms with Crippen molar-refractivity contribution in [2.24, 2.45) is 0 Å². The number of benzene rings is 1. The molecule has 0 aliphatic carbocycles. The summed E-state index contributed by atoms with van der Waals surface area (Å²) >= 11 is 0. The van der Waals surface area contributed by atoms with E-state index in [9.17, 15) is 15.0 Å². The number of aromatic amines is 1. The Kier molecular flexibility index (Phi) is 3.06. The second-order valence-corrected chi connectivity index (χ2v) is 4.04. The minimum atomic E-state index is -0.242. The lowest BCUT2D eigenvalue weighted by Gasteiger charge is -2.06. The third-order valence-corrected chi connectivity index (χ3v) is 2.84. The molecule has 0 atom stereocenters. The first-order valence-corrected chi connectivity index (χ1v) is 5.65. The zero-order chi connectivity index (χ0) is 13.3. The van der Waals surface area contributed by atoms with Crippen molar-refractivity contribution in [2.75, 3.05) is 0 Å². The van der Waals surface area contributed by atoms with Crippen LogP contribution in [0.15, 0.2) is 23.0 Å². The Bertz CT molecular complexity index is 647. The van der Waals surface area contributed by atoms with Crippen LogP contribution in [0.25, 0.3) is 11.4 Å². The summed E-state index contributed by atoms with van der Waals surface area (Å²) in [7, 11) is 0. The molecule has 0 amide bonds. The zero-order valence-corrected chi connectivity index (χ0v) is 10.2. The quantitative estimate of drug-likeness (QED) is 0.704. The van der Waals surface area contributed by atoms with E-state index in [4.69, 9.17) is 0 Å². The first kappa shape index (κ1) is 12.2. The van der Waals surface area contributed by atoms with Gasteiger partial charge in [-0.15, -0.1) is 0 Å². The molecule has 0 bridgehead atoms. The van der Waals surface area contributed by atoms with E-state index in [1.165, 1.54) is 12.1 Å². The van der Waals surface area contributed by atoms with Gasteiger partial charge in [0.2, 0.25) is 0 Å². The zero-order valence-electron chi connectivity index (χ0n) is 10.2. The molecule has 0 radical (unpaired) electrons. The van der Waals surface area contributed by atoms with E-state index in [-0.39, 0.29) is 17.1 Å². The molecule has 0 saturated carbocycles. The van der Waals surface area contributed by atoms with Gasteiger partial charge in [0, 0.05) is 11.1 Å². The van der Waals surface area contributed by atoms with E-state index in [1.54, 1.807) is 13.0 Å². The molecule has 0 saturated heterocycles. The maximum absolute atomic E-state index is 11.7. The summed E-state index contributed by atoms with van der Waals surface area (Å²) in [5, 5.41) is 18.7. The molecule has 0 aliphatic rings. The van der Waals surface area contributed by atoms with Crippen LogP contribution in [0, 0.1) is 6.92 Å². The van der Waals surface area contributed by atoms with Crippen molar-refractivity contribution < 1.29 is 10.2 Å². The number of nitrogens with zero attached hydrogens (tertiary/aromatic N) is 1. The van der Waals surface area contributed by atoms with Crippen LogP contribution in [-0.4, -0.2) is 20.2 Å². The summed E-state index contributed by atoms with van der Waals surface area (Å²) in [6.45, 7) is 3.65. The maximum atomic E-state index is 11.7. The summed E-state index contributed by atoms with van der Waals surface area (Å²) < 4.78 is 0. The molecule has 1 aromatic heterocycles. The average molecular weight is 246 g/mol. The van der Waals surface area contributed by atoms with E-state index >= 15 is 0 Å². The van der Waals surface area contributed by atoms with Gasteiger partial charge in [-0.3, -0.25) is 4.79 Å². The summed E-state index contributed by atoms with van der Waals surface area (Å²) in [6, 6.07) is 4.31. The number of phenolic OH excluding ortho intramolecular Hbond substituents is 2. The SMILES string of the molecule is CCc1nc(-c2ccc(O)c(O)c2)[nH]c(=O)c1C. The standard InChI is InChI=1S/C13H14N2O3/c1-3-9-7(2)13(18)15-12(14-9)8-4-5-10(16)11(17)6-8/h4-6,16-17H,3H2,1-2H3,(H,14,15,18). The minimum Gasteiger partial charge on any atom is -0.504 e. The van der Waals surface area contributed by atoms with Gasteiger partial charge >= 0.3 is 0 Å². The number of aryl methyl sites for hydroxylation is 1. The Labute approximate surface area is 104 Å². The topological polar surface area (TPSA) is 86.2 Å². The fraction of sp³-hybridized carbons (Fsp3) is 0.231. The number of nitrogens with one attached hydrogen (secondary N) is 1. The number of aromatic hydroxyl groups is 2. The first-order valence-electron chi connectivity index (χ1n) is 5.65. The molecule has 0 fully saturated rings. The van der Waals surface area contributed by atoms with Crippen molar-refractivity contribution in [3.63, 3.8) is 0 Å². The van der Waals surface area contributed by atoms with Gasteiger partial charge in [-0.2, -0.15) is 0 Å². The third-order valence-electron chi connectivity index (χ3n) is 2.84. The highest BCUT2D eigenvalue weighted by molar-refractivity contribution is 5.60. The fourth-order valence-electron chi connectivity index (χ4n) is 1.73. The largest absolute Gasteiger partial charge is 0.504 e. The molecule has 0 spiro atoms. The highest BCUT2D eigenvalue weighted by atomic mass is 16.3.